The highest BCUT2D eigenvalue weighted by molar-refractivity contribution is 6.74. The molecular weight excluding hydrogens is 450 g/mol. The number of hydrogen-bond donors (Lipinski definition) is 2. The fraction of sp³-hybridized carbons (Fsp3) is 0.560. The molecule has 3 fully saturated rings. The van der Waals surface area contributed by atoms with Gasteiger partial charge in [0, 0.05) is 18.2 Å². The second-order valence-corrected chi connectivity index (χ2v) is 16.2. The molecule has 0 radical (unpaired) electrons. The number of aromatic nitrogens is 2. The number of amides is 1. The standard InChI is InChI=1S/C25H33N3O5Si/c1-23(2,3)34(4,5)33-25-14-17(25)13-24(31)15-19(32-21(24)25)28-12-11-18(27-22(28)30)26-20(29)16-9-7-6-8-10-16/h6-12,17,19,21,31H,13-15H2,1-5H3,(H,26,27,29,30)/t17-,19+,21+,24+,25-/m1/s1. The van der Waals surface area contributed by atoms with Crippen molar-refractivity contribution in [3.8, 4) is 0 Å². The zero-order valence-corrected chi connectivity index (χ0v) is 21.4. The van der Waals surface area contributed by atoms with Crippen molar-refractivity contribution in [1.29, 1.82) is 0 Å². The zero-order valence-electron chi connectivity index (χ0n) is 20.4. The van der Waals surface area contributed by atoms with Crippen molar-refractivity contribution in [1.82, 2.24) is 9.55 Å². The van der Waals surface area contributed by atoms with Crippen molar-refractivity contribution in [3.63, 3.8) is 0 Å². The first-order valence-electron chi connectivity index (χ1n) is 11.9. The fourth-order valence-electron chi connectivity index (χ4n) is 5.27. The van der Waals surface area contributed by atoms with Crippen LogP contribution in [0.3, 0.4) is 0 Å². The number of nitrogens with one attached hydrogen (secondary N) is 1. The van der Waals surface area contributed by atoms with E-state index in [1.54, 1.807) is 36.5 Å². The van der Waals surface area contributed by atoms with Crippen LogP contribution in [0.2, 0.25) is 18.1 Å². The molecule has 9 heteroatoms. The maximum Gasteiger partial charge on any atom is 0.351 e. The summed E-state index contributed by atoms with van der Waals surface area (Å²) < 4.78 is 14.6. The maximum absolute atomic E-state index is 12.8. The molecule has 182 valence electrons. The summed E-state index contributed by atoms with van der Waals surface area (Å²) in [6.07, 6.45) is 2.29. The molecule has 34 heavy (non-hydrogen) atoms. The second-order valence-electron chi connectivity index (χ2n) is 11.5. The van der Waals surface area contributed by atoms with Crippen molar-refractivity contribution in [2.45, 2.75) is 81.7 Å². The van der Waals surface area contributed by atoms with Gasteiger partial charge < -0.3 is 19.6 Å². The summed E-state index contributed by atoms with van der Waals surface area (Å²) in [6, 6.07) is 10.3. The molecule has 3 aliphatic rings. The Balaban J connectivity index is 1.33. The number of benzene rings is 1. The molecule has 1 saturated heterocycles. The van der Waals surface area contributed by atoms with E-state index in [4.69, 9.17) is 9.16 Å². The van der Waals surface area contributed by atoms with Crippen LogP contribution in [0.25, 0.3) is 0 Å². The van der Waals surface area contributed by atoms with E-state index in [0.717, 1.165) is 6.42 Å². The molecule has 5 rings (SSSR count). The van der Waals surface area contributed by atoms with E-state index < -0.39 is 37.5 Å². The van der Waals surface area contributed by atoms with Gasteiger partial charge in [-0.2, -0.15) is 4.98 Å². The number of carbonyl (C=O) groups excluding carboxylic acids is 1. The van der Waals surface area contributed by atoms with Gasteiger partial charge in [-0.05, 0) is 55.1 Å². The maximum atomic E-state index is 12.8. The second kappa shape index (κ2) is 7.58. The van der Waals surface area contributed by atoms with Gasteiger partial charge in [0.15, 0.2) is 8.32 Å². The van der Waals surface area contributed by atoms with Crippen LogP contribution in [0.5, 0.6) is 0 Å². The highest BCUT2D eigenvalue weighted by Gasteiger charge is 2.77. The topological polar surface area (TPSA) is 103 Å². The molecule has 1 aromatic heterocycles. The molecule has 0 bridgehead atoms. The minimum absolute atomic E-state index is 0.0501. The molecule has 2 saturated carbocycles. The highest BCUT2D eigenvalue weighted by atomic mass is 28.4. The van der Waals surface area contributed by atoms with E-state index in [1.807, 2.05) is 6.07 Å². The predicted molar refractivity (Wildman–Crippen MR) is 130 cm³/mol. The third-order valence-electron chi connectivity index (χ3n) is 8.12. The van der Waals surface area contributed by atoms with Crippen LogP contribution in [-0.2, 0) is 9.16 Å². The summed E-state index contributed by atoms with van der Waals surface area (Å²) in [5.74, 6) is 0.130. The highest BCUT2D eigenvalue weighted by Crippen LogP contribution is 2.68. The number of fused-ring (bicyclic) bond motifs is 3. The first-order valence-corrected chi connectivity index (χ1v) is 14.8. The van der Waals surface area contributed by atoms with E-state index in [0.29, 0.717) is 24.3 Å². The summed E-state index contributed by atoms with van der Waals surface area (Å²) in [6.45, 7) is 11.1. The van der Waals surface area contributed by atoms with Crippen LogP contribution in [0, 0.1) is 5.92 Å². The summed E-state index contributed by atoms with van der Waals surface area (Å²) in [7, 11) is -2.07. The monoisotopic (exact) mass is 483 g/mol. The zero-order chi connectivity index (χ0) is 24.5. The molecule has 2 aliphatic carbocycles. The van der Waals surface area contributed by atoms with Gasteiger partial charge in [0.2, 0.25) is 0 Å². The molecule has 5 atom stereocenters. The van der Waals surface area contributed by atoms with Gasteiger partial charge in [0.1, 0.15) is 18.1 Å². The SMILES string of the molecule is CC(C)(C)[Si](C)(C)O[C@]12C[C@H]1C[C@]1(O)C[C@@H](n3ccc(NC(=O)c4ccccc4)nc3=O)O[C@@H]12. The van der Waals surface area contributed by atoms with E-state index >= 15 is 0 Å². The van der Waals surface area contributed by atoms with Gasteiger partial charge in [0.25, 0.3) is 5.91 Å². The Labute approximate surface area is 200 Å². The number of anilines is 1. The van der Waals surface area contributed by atoms with Gasteiger partial charge in [-0.1, -0.05) is 39.0 Å². The van der Waals surface area contributed by atoms with Crippen molar-refractivity contribution < 1.29 is 19.1 Å². The largest absolute Gasteiger partial charge is 0.408 e. The molecule has 8 nitrogen and oxygen atoms in total. The van der Waals surface area contributed by atoms with Crippen LogP contribution in [0.4, 0.5) is 5.82 Å². The number of ether oxygens (including phenoxy) is 1. The Kier molecular flexibility index (Phi) is 5.22. The third kappa shape index (κ3) is 3.75. The van der Waals surface area contributed by atoms with Crippen molar-refractivity contribution in [3.05, 3.63) is 58.6 Å². The summed E-state index contributed by atoms with van der Waals surface area (Å²) in [4.78, 5) is 29.2. The number of hydrogen-bond acceptors (Lipinski definition) is 6. The van der Waals surface area contributed by atoms with Crippen molar-refractivity contribution in [2.24, 2.45) is 5.92 Å². The third-order valence-corrected chi connectivity index (χ3v) is 12.6. The van der Waals surface area contributed by atoms with Crippen LogP contribution in [0.1, 0.15) is 56.6 Å². The molecule has 0 unspecified atom stereocenters. The predicted octanol–water partition coefficient (Wildman–Crippen LogP) is 3.70. The first kappa shape index (κ1) is 23.4. The Hall–Kier alpha value is -2.33. The Bertz CT molecular complexity index is 1180. The lowest BCUT2D eigenvalue weighted by molar-refractivity contribution is -0.103. The molecule has 0 spiro atoms. The minimum Gasteiger partial charge on any atom is -0.408 e. The average molecular weight is 484 g/mol. The van der Waals surface area contributed by atoms with Gasteiger partial charge in [-0.15, -0.1) is 0 Å². The Morgan fingerprint density at radius 3 is 2.56 bits per heavy atom. The lowest BCUT2D eigenvalue weighted by Crippen LogP contribution is -2.51. The summed E-state index contributed by atoms with van der Waals surface area (Å²) >= 11 is 0. The average Bonchev–Trinajstić information content (AvgIpc) is 3.18. The van der Waals surface area contributed by atoms with E-state index in [1.165, 1.54) is 4.57 Å². The van der Waals surface area contributed by atoms with Crippen LogP contribution in [0.15, 0.2) is 47.4 Å². The van der Waals surface area contributed by atoms with Crippen molar-refractivity contribution in [2.75, 3.05) is 5.32 Å². The molecule has 1 aromatic carbocycles. The lowest BCUT2D eigenvalue weighted by atomic mass is 9.92. The van der Waals surface area contributed by atoms with E-state index in [9.17, 15) is 14.7 Å². The first-order chi connectivity index (χ1) is 15.8. The van der Waals surface area contributed by atoms with Crippen LogP contribution in [-0.4, -0.2) is 46.2 Å². The number of rotatable bonds is 5. The normalized spacial score (nSPS) is 32.2. The van der Waals surface area contributed by atoms with Gasteiger partial charge in [-0.25, -0.2) is 4.79 Å². The van der Waals surface area contributed by atoms with E-state index in [-0.39, 0.29) is 16.8 Å². The van der Waals surface area contributed by atoms with Crippen LogP contribution >= 0.6 is 0 Å². The molecule has 2 heterocycles. The molecule has 2 aromatic rings. The van der Waals surface area contributed by atoms with Crippen molar-refractivity contribution >= 4 is 20.0 Å². The fourth-order valence-corrected chi connectivity index (χ4v) is 6.88. The summed E-state index contributed by atoms with van der Waals surface area (Å²) in [5.41, 5.74) is -1.54. The van der Waals surface area contributed by atoms with Gasteiger partial charge in [0.05, 0.1) is 11.2 Å². The number of carbonyl (C=O) groups is 1. The lowest BCUT2D eigenvalue weighted by Gasteiger charge is -2.41. The van der Waals surface area contributed by atoms with Gasteiger partial charge >= 0.3 is 5.69 Å². The Morgan fingerprint density at radius 2 is 1.91 bits per heavy atom. The minimum atomic E-state index is -2.07. The smallest absolute Gasteiger partial charge is 0.351 e. The van der Waals surface area contributed by atoms with Gasteiger partial charge in [-0.3, -0.25) is 9.36 Å². The number of nitrogens with zero attached hydrogens (tertiary/aromatic N) is 2. The van der Waals surface area contributed by atoms with E-state index in [2.05, 4.69) is 44.2 Å². The Morgan fingerprint density at radius 1 is 1.21 bits per heavy atom. The molecule has 2 N–H and O–H groups in total. The molecule has 1 amide bonds. The summed E-state index contributed by atoms with van der Waals surface area (Å²) in [5, 5.41) is 14.1. The number of aliphatic hydroxyl groups is 1. The molecular formula is C25H33N3O5Si. The molecule has 1 aliphatic heterocycles. The van der Waals surface area contributed by atoms with Crippen LogP contribution < -0.4 is 11.0 Å². The quantitative estimate of drug-likeness (QED) is 0.629.